The highest BCUT2D eigenvalue weighted by Crippen LogP contribution is 2.23. The van der Waals surface area contributed by atoms with Gasteiger partial charge < -0.3 is 4.98 Å². The Hall–Kier alpha value is -2.42. The van der Waals surface area contributed by atoms with Gasteiger partial charge in [0.05, 0.1) is 0 Å². The summed E-state index contributed by atoms with van der Waals surface area (Å²) >= 11 is 0. The topological polar surface area (TPSA) is 15.8 Å². The van der Waals surface area contributed by atoms with Gasteiger partial charge in [-0.3, -0.25) is 0 Å². The predicted octanol–water partition coefficient (Wildman–Crippen LogP) is 4.55. The Labute approximate surface area is 115 Å². The molecule has 0 fully saturated rings. The molecule has 3 rings (SSSR count). The van der Waals surface area contributed by atoms with E-state index in [9.17, 15) is 8.78 Å². The van der Waals surface area contributed by atoms with E-state index >= 15 is 0 Å². The third kappa shape index (κ3) is 2.62. The molecule has 3 aromatic rings. The van der Waals surface area contributed by atoms with Crippen LogP contribution in [-0.2, 0) is 6.42 Å². The van der Waals surface area contributed by atoms with Gasteiger partial charge in [-0.25, -0.2) is 8.78 Å². The fourth-order valence-corrected chi connectivity index (χ4v) is 2.22. The van der Waals surface area contributed by atoms with Crippen LogP contribution in [-0.4, -0.2) is 4.98 Å². The van der Waals surface area contributed by atoms with E-state index in [1.165, 1.54) is 11.6 Å². The molecule has 0 saturated heterocycles. The molecule has 2 aromatic carbocycles. The molecule has 1 aromatic heterocycles. The van der Waals surface area contributed by atoms with Crippen molar-refractivity contribution >= 4 is 0 Å². The van der Waals surface area contributed by atoms with E-state index in [-0.39, 0.29) is 5.56 Å². The van der Waals surface area contributed by atoms with Gasteiger partial charge in [0, 0.05) is 23.4 Å². The first-order chi connectivity index (χ1) is 9.72. The van der Waals surface area contributed by atoms with Gasteiger partial charge in [0.1, 0.15) is 11.6 Å². The zero-order valence-corrected chi connectivity index (χ0v) is 10.7. The van der Waals surface area contributed by atoms with Crippen molar-refractivity contribution in [2.45, 2.75) is 6.42 Å². The third-order valence-electron chi connectivity index (χ3n) is 3.20. The van der Waals surface area contributed by atoms with Crippen molar-refractivity contribution in [2.75, 3.05) is 0 Å². The van der Waals surface area contributed by atoms with Gasteiger partial charge in [0.15, 0.2) is 0 Å². The second kappa shape index (κ2) is 5.29. The first-order valence-electron chi connectivity index (χ1n) is 6.39. The van der Waals surface area contributed by atoms with Gasteiger partial charge in [0.2, 0.25) is 0 Å². The minimum Gasteiger partial charge on any atom is -0.358 e. The third-order valence-corrected chi connectivity index (χ3v) is 3.20. The molecule has 0 bridgehead atoms. The minimum atomic E-state index is -0.444. The van der Waals surface area contributed by atoms with Crippen molar-refractivity contribution in [1.82, 2.24) is 4.98 Å². The van der Waals surface area contributed by atoms with Gasteiger partial charge in [-0.2, -0.15) is 0 Å². The summed E-state index contributed by atoms with van der Waals surface area (Å²) in [6.45, 7) is 0. The number of nitrogens with one attached hydrogen (secondary N) is 1. The first kappa shape index (κ1) is 12.6. The van der Waals surface area contributed by atoms with Crippen LogP contribution in [0, 0.1) is 11.6 Å². The lowest BCUT2D eigenvalue weighted by atomic mass is 10.1. The van der Waals surface area contributed by atoms with Crippen molar-refractivity contribution in [3.8, 4) is 11.3 Å². The normalized spacial score (nSPS) is 10.7. The summed E-state index contributed by atoms with van der Waals surface area (Å²) in [7, 11) is 0. The lowest BCUT2D eigenvalue weighted by Crippen LogP contribution is -1.90. The molecule has 0 aliphatic heterocycles. The van der Waals surface area contributed by atoms with Crippen molar-refractivity contribution in [2.24, 2.45) is 0 Å². The number of H-pyrrole nitrogens is 1. The Kier molecular flexibility index (Phi) is 3.33. The first-order valence-corrected chi connectivity index (χ1v) is 6.39. The number of halogens is 2. The van der Waals surface area contributed by atoms with Crippen LogP contribution in [0.1, 0.15) is 11.3 Å². The van der Waals surface area contributed by atoms with Gasteiger partial charge in [-0.1, -0.05) is 30.3 Å². The molecule has 1 N–H and O–H groups in total. The molecule has 0 aliphatic carbocycles. The second-order valence-corrected chi connectivity index (χ2v) is 4.68. The van der Waals surface area contributed by atoms with Crippen molar-refractivity contribution in [3.05, 3.63) is 83.6 Å². The molecule has 0 unspecified atom stereocenters. The molecular weight excluding hydrogens is 256 g/mol. The van der Waals surface area contributed by atoms with E-state index < -0.39 is 11.6 Å². The molecule has 0 amide bonds. The van der Waals surface area contributed by atoms with E-state index in [0.29, 0.717) is 5.69 Å². The Morgan fingerprint density at radius 1 is 0.850 bits per heavy atom. The SMILES string of the molecule is Fc1ccc(F)c(-c2ccc(Cc3ccccc3)[nH]2)c1. The number of aromatic nitrogens is 1. The zero-order chi connectivity index (χ0) is 13.9. The molecule has 1 nitrogen and oxygen atoms in total. The van der Waals surface area contributed by atoms with Crippen molar-refractivity contribution in [3.63, 3.8) is 0 Å². The maximum Gasteiger partial charge on any atom is 0.132 e. The van der Waals surface area contributed by atoms with Gasteiger partial charge in [-0.15, -0.1) is 0 Å². The van der Waals surface area contributed by atoms with Gasteiger partial charge in [-0.05, 0) is 35.9 Å². The Morgan fingerprint density at radius 3 is 2.45 bits per heavy atom. The van der Waals surface area contributed by atoms with Gasteiger partial charge >= 0.3 is 0 Å². The highest BCUT2D eigenvalue weighted by Gasteiger charge is 2.09. The quantitative estimate of drug-likeness (QED) is 0.718. The summed E-state index contributed by atoms with van der Waals surface area (Å²) in [4.78, 5) is 3.14. The van der Waals surface area contributed by atoms with Crippen LogP contribution in [0.2, 0.25) is 0 Å². The summed E-state index contributed by atoms with van der Waals surface area (Å²) in [5.74, 6) is -0.875. The molecule has 0 saturated carbocycles. The molecule has 0 radical (unpaired) electrons. The van der Waals surface area contributed by atoms with Crippen LogP contribution in [0.5, 0.6) is 0 Å². The standard InChI is InChI=1S/C17H13F2N/c18-13-6-8-16(19)15(11-13)17-9-7-14(20-17)10-12-4-2-1-3-5-12/h1-9,11,20H,10H2. The highest BCUT2D eigenvalue weighted by molar-refractivity contribution is 5.60. The second-order valence-electron chi connectivity index (χ2n) is 4.68. The predicted molar refractivity (Wildman–Crippen MR) is 75.4 cm³/mol. The average molecular weight is 269 g/mol. The highest BCUT2D eigenvalue weighted by atomic mass is 19.1. The lowest BCUT2D eigenvalue weighted by molar-refractivity contribution is 0.602. The van der Waals surface area contributed by atoms with Crippen LogP contribution < -0.4 is 0 Å². The smallest absolute Gasteiger partial charge is 0.132 e. The molecule has 0 atom stereocenters. The van der Waals surface area contributed by atoms with E-state index in [4.69, 9.17) is 0 Å². The summed E-state index contributed by atoms with van der Waals surface area (Å²) in [5, 5.41) is 0. The average Bonchev–Trinajstić information content (AvgIpc) is 2.91. The van der Waals surface area contributed by atoms with Crippen LogP contribution in [0.3, 0.4) is 0 Å². The molecule has 0 aliphatic rings. The summed E-state index contributed by atoms with van der Waals surface area (Å²) in [5.41, 5.74) is 2.98. The number of hydrogen-bond acceptors (Lipinski definition) is 0. The number of rotatable bonds is 3. The Balaban J connectivity index is 1.88. The summed E-state index contributed by atoms with van der Waals surface area (Å²) in [6.07, 6.45) is 0.734. The number of aromatic amines is 1. The molecule has 1 heterocycles. The fourth-order valence-electron chi connectivity index (χ4n) is 2.22. The molecule has 3 heteroatoms. The van der Waals surface area contributed by atoms with Gasteiger partial charge in [0.25, 0.3) is 0 Å². The lowest BCUT2D eigenvalue weighted by Gasteiger charge is -2.02. The minimum absolute atomic E-state index is 0.254. The number of hydrogen-bond donors (Lipinski definition) is 1. The Morgan fingerprint density at radius 2 is 1.65 bits per heavy atom. The molecule has 0 spiro atoms. The van der Waals surface area contributed by atoms with E-state index in [2.05, 4.69) is 4.98 Å². The van der Waals surface area contributed by atoms with E-state index in [1.54, 1.807) is 6.07 Å². The zero-order valence-electron chi connectivity index (χ0n) is 10.7. The van der Waals surface area contributed by atoms with Crippen molar-refractivity contribution in [1.29, 1.82) is 0 Å². The van der Waals surface area contributed by atoms with Crippen LogP contribution in [0.4, 0.5) is 8.78 Å². The maximum atomic E-state index is 13.7. The monoisotopic (exact) mass is 269 g/mol. The van der Waals surface area contributed by atoms with E-state index in [0.717, 1.165) is 24.2 Å². The Bertz CT molecular complexity index is 717. The summed E-state index contributed by atoms with van der Waals surface area (Å²) in [6, 6.07) is 17.1. The van der Waals surface area contributed by atoms with Crippen LogP contribution in [0.15, 0.2) is 60.7 Å². The summed E-state index contributed by atoms with van der Waals surface area (Å²) < 4.78 is 26.9. The van der Waals surface area contributed by atoms with E-state index in [1.807, 2.05) is 36.4 Å². The van der Waals surface area contributed by atoms with Crippen LogP contribution >= 0.6 is 0 Å². The fraction of sp³-hybridized carbons (Fsp3) is 0.0588. The largest absolute Gasteiger partial charge is 0.358 e. The number of benzene rings is 2. The van der Waals surface area contributed by atoms with Crippen LogP contribution in [0.25, 0.3) is 11.3 Å². The molecule has 100 valence electrons. The maximum absolute atomic E-state index is 13.7. The van der Waals surface area contributed by atoms with Crippen molar-refractivity contribution < 1.29 is 8.78 Å². The molecular formula is C17H13F2N. The molecule has 20 heavy (non-hydrogen) atoms.